The molecule has 2 aromatic heterocycles. The number of aromatic nitrogens is 1. The van der Waals surface area contributed by atoms with Crippen LogP contribution in [0, 0.1) is 0 Å². The van der Waals surface area contributed by atoms with Crippen molar-refractivity contribution in [1.29, 1.82) is 0 Å². The minimum absolute atomic E-state index is 0.504. The van der Waals surface area contributed by atoms with Gasteiger partial charge in [-0.05, 0) is 36.9 Å². The first-order chi connectivity index (χ1) is 8.66. The molecule has 0 fully saturated rings. The fourth-order valence-corrected chi connectivity index (χ4v) is 2.43. The average molecular weight is 262 g/mol. The summed E-state index contributed by atoms with van der Waals surface area (Å²) in [5.41, 5.74) is 1.79. The van der Waals surface area contributed by atoms with E-state index in [1.54, 1.807) is 18.3 Å². The number of pyridine rings is 1. The van der Waals surface area contributed by atoms with Crippen molar-refractivity contribution < 1.29 is 5.11 Å². The van der Waals surface area contributed by atoms with Gasteiger partial charge in [0.2, 0.25) is 0 Å². The molecule has 2 aromatic rings. The largest absolute Gasteiger partial charge is 0.387 e. The van der Waals surface area contributed by atoms with E-state index in [9.17, 15) is 5.11 Å². The fraction of sp³-hybridized carbons (Fsp3) is 0.357. The lowest BCUT2D eigenvalue weighted by atomic mass is 10.2. The Labute approximate surface area is 112 Å². The maximum Gasteiger partial charge on any atom is 0.0931 e. The van der Waals surface area contributed by atoms with Crippen LogP contribution in [0.2, 0.25) is 0 Å². The summed E-state index contributed by atoms with van der Waals surface area (Å²) in [5.74, 6) is 0. The molecule has 3 nitrogen and oxygen atoms in total. The molecule has 0 saturated heterocycles. The molecule has 0 aliphatic heterocycles. The molecule has 96 valence electrons. The number of likely N-dealkylation sites (N-methyl/N-ethyl adjacent to an activating group) is 1. The van der Waals surface area contributed by atoms with Gasteiger partial charge in [0.05, 0.1) is 23.7 Å². The van der Waals surface area contributed by atoms with E-state index >= 15 is 0 Å². The van der Waals surface area contributed by atoms with Crippen molar-refractivity contribution in [2.45, 2.75) is 19.4 Å². The third-order valence-corrected chi connectivity index (χ3v) is 3.85. The number of thiophene rings is 1. The lowest BCUT2D eigenvalue weighted by Crippen LogP contribution is -2.20. The molecule has 0 bridgehead atoms. The SMILES string of the molecule is CC(O)c1ccc(N(C)CCc2cccs2)cn1. The molecule has 1 unspecified atom stereocenters. The standard InChI is InChI=1S/C14H18N2OS/c1-11(17)14-6-5-12(10-15-14)16(2)8-7-13-4-3-9-18-13/h3-6,9-11,17H,7-8H2,1-2H3. The molecular weight excluding hydrogens is 244 g/mol. The maximum atomic E-state index is 9.41. The smallest absolute Gasteiger partial charge is 0.0931 e. The summed E-state index contributed by atoms with van der Waals surface area (Å²) in [7, 11) is 2.06. The van der Waals surface area contributed by atoms with E-state index in [1.165, 1.54) is 4.88 Å². The van der Waals surface area contributed by atoms with Gasteiger partial charge in [-0.3, -0.25) is 4.98 Å². The number of aliphatic hydroxyl groups excluding tert-OH is 1. The van der Waals surface area contributed by atoms with Crippen molar-refractivity contribution in [2.24, 2.45) is 0 Å². The van der Waals surface area contributed by atoms with Crippen LogP contribution in [-0.4, -0.2) is 23.7 Å². The van der Waals surface area contributed by atoms with Crippen LogP contribution in [0.5, 0.6) is 0 Å². The van der Waals surface area contributed by atoms with Crippen LogP contribution in [0.4, 0.5) is 5.69 Å². The molecule has 0 saturated carbocycles. The molecule has 1 atom stereocenters. The minimum atomic E-state index is -0.504. The molecule has 0 radical (unpaired) electrons. The Bertz CT molecular complexity index is 465. The molecule has 18 heavy (non-hydrogen) atoms. The van der Waals surface area contributed by atoms with Crippen LogP contribution in [0.3, 0.4) is 0 Å². The first-order valence-electron chi connectivity index (χ1n) is 6.04. The highest BCUT2D eigenvalue weighted by Crippen LogP contribution is 2.16. The number of anilines is 1. The van der Waals surface area contributed by atoms with E-state index < -0.39 is 6.10 Å². The first kappa shape index (κ1) is 13.1. The predicted molar refractivity (Wildman–Crippen MR) is 76.2 cm³/mol. The average Bonchev–Trinajstić information content (AvgIpc) is 2.89. The third kappa shape index (κ3) is 3.31. The van der Waals surface area contributed by atoms with Crippen LogP contribution in [-0.2, 0) is 6.42 Å². The van der Waals surface area contributed by atoms with Gasteiger partial charge >= 0.3 is 0 Å². The third-order valence-electron chi connectivity index (χ3n) is 2.91. The zero-order chi connectivity index (χ0) is 13.0. The molecular formula is C14H18N2OS. The second kappa shape index (κ2) is 5.98. The van der Waals surface area contributed by atoms with Crippen LogP contribution in [0.15, 0.2) is 35.8 Å². The van der Waals surface area contributed by atoms with Gasteiger partial charge in [-0.15, -0.1) is 11.3 Å². The van der Waals surface area contributed by atoms with Crippen molar-refractivity contribution in [2.75, 3.05) is 18.5 Å². The Morgan fingerprint density at radius 3 is 2.78 bits per heavy atom. The van der Waals surface area contributed by atoms with Gasteiger partial charge in [0.1, 0.15) is 0 Å². The van der Waals surface area contributed by atoms with Crippen LogP contribution in [0.25, 0.3) is 0 Å². The Kier molecular flexibility index (Phi) is 4.33. The molecule has 2 rings (SSSR count). The number of rotatable bonds is 5. The molecule has 1 N–H and O–H groups in total. The second-order valence-electron chi connectivity index (χ2n) is 4.37. The van der Waals surface area contributed by atoms with Gasteiger partial charge in [0, 0.05) is 18.5 Å². The van der Waals surface area contributed by atoms with Crippen molar-refractivity contribution in [3.8, 4) is 0 Å². The highest BCUT2D eigenvalue weighted by Gasteiger charge is 2.05. The summed E-state index contributed by atoms with van der Waals surface area (Å²) >= 11 is 1.79. The second-order valence-corrected chi connectivity index (χ2v) is 5.40. The monoisotopic (exact) mass is 262 g/mol. The lowest BCUT2D eigenvalue weighted by Gasteiger charge is -2.19. The number of aliphatic hydroxyl groups is 1. The van der Waals surface area contributed by atoms with Gasteiger partial charge in [-0.2, -0.15) is 0 Å². The number of hydrogen-bond acceptors (Lipinski definition) is 4. The summed E-state index contributed by atoms with van der Waals surface area (Å²) in [6, 6.07) is 8.12. The highest BCUT2D eigenvalue weighted by molar-refractivity contribution is 7.09. The molecule has 4 heteroatoms. The van der Waals surface area contributed by atoms with Crippen LogP contribution < -0.4 is 4.90 Å². The zero-order valence-corrected chi connectivity index (χ0v) is 11.5. The van der Waals surface area contributed by atoms with Crippen molar-refractivity contribution >= 4 is 17.0 Å². The molecule has 0 spiro atoms. The van der Waals surface area contributed by atoms with E-state index in [-0.39, 0.29) is 0 Å². The van der Waals surface area contributed by atoms with Gasteiger partial charge in [0.15, 0.2) is 0 Å². The Hall–Kier alpha value is -1.39. The lowest BCUT2D eigenvalue weighted by molar-refractivity contribution is 0.194. The number of nitrogens with zero attached hydrogens (tertiary/aromatic N) is 2. The Balaban J connectivity index is 1.94. The molecule has 2 heterocycles. The molecule has 0 aromatic carbocycles. The summed E-state index contributed by atoms with van der Waals surface area (Å²) in [6.07, 6.45) is 2.36. The molecule has 0 aliphatic carbocycles. The molecule has 0 amide bonds. The topological polar surface area (TPSA) is 36.4 Å². The fourth-order valence-electron chi connectivity index (χ4n) is 1.73. The van der Waals surface area contributed by atoms with Crippen molar-refractivity contribution in [1.82, 2.24) is 4.98 Å². The van der Waals surface area contributed by atoms with Crippen LogP contribution >= 0.6 is 11.3 Å². The Morgan fingerprint density at radius 2 is 2.22 bits per heavy atom. The molecule has 0 aliphatic rings. The van der Waals surface area contributed by atoms with Gasteiger partial charge in [0.25, 0.3) is 0 Å². The quantitative estimate of drug-likeness (QED) is 0.900. The van der Waals surface area contributed by atoms with Gasteiger partial charge < -0.3 is 10.0 Å². The van der Waals surface area contributed by atoms with E-state index in [2.05, 4.69) is 34.4 Å². The van der Waals surface area contributed by atoms with Crippen molar-refractivity contribution in [3.63, 3.8) is 0 Å². The van der Waals surface area contributed by atoms with E-state index in [0.29, 0.717) is 5.69 Å². The van der Waals surface area contributed by atoms with Crippen LogP contribution in [0.1, 0.15) is 23.6 Å². The summed E-state index contributed by atoms with van der Waals surface area (Å²) < 4.78 is 0. The van der Waals surface area contributed by atoms with E-state index in [0.717, 1.165) is 18.7 Å². The predicted octanol–water partition coefficient (Wildman–Crippen LogP) is 2.88. The number of hydrogen-bond donors (Lipinski definition) is 1. The normalized spacial score (nSPS) is 12.4. The van der Waals surface area contributed by atoms with E-state index in [1.807, 2.05) is 18.3 Å². The van der Waals surface area contributed by atoms with Gasteiger partial charge in [-0.1, -0.05) is 6.07 Å². The summed E-state index contributed by atoms with van der Waals surface area (Å²) in [6.45, 7) is 2.69. The maximum absolute atomic E-state index is 9.41. The van der Waals surface area contributed by atoms with Crippen molar-refractivity contribution in [3.05, 3.63) is 46.4 Å². The van der Waals surface area contributed by atoms with Gasteiger partial charge in [-0.25, -0.2) is 0 Å². The Morgan fingerprint density at radius 1 is 1.39 bits per heavy atom. The highest BCUT2D eigenvalue weighted by atomic mass is 32.1. The zero-order valence-electron chi connectivity index (χ0n) is 10.7. The summed E-state index contributed by atoms with van der Waals surface area (Å²) in [5, 5.41) is 11.5. The minimum Gasteiger partial charge on any atom is -0.387 e. The van der Waals surface area contributed by atoms with E-state index in [4.69, 9.17) is 0 Å². The summed E-state index contributed by atoms with van der Waals surface area (Å²) in [4.78, 5) is 7.83. The first-order valence-corrected chi connectivity index (χ1v) is 6.92.